The summed E-state index contributed by atoms with van der Waals surface area (Å²) in [6.07, 6.45) is -12.8. The van der Waals surface area contributed by atoms with E-state index in [2.05, 4.69) is 20.0 Å². The van der Waals surface area contributed by atoms with Gasteiger partial charge in [0.2, 0.25) is 0 Å². The van der Waals surface area contributed by atoms with Crippen LogP contribution < -0.4 is 11.1 Å². The molecule has 0 saturated carbocycles. The van der Waals surface area contributed by atoms with Crippen molar-refractivity contribution in [1.29, 1.82) is 0 Å². The number of rotatable bonds is 3. The highest BCUT2D eigenvalue weighted by Crippen LogP contribution is 2.42. The van der Waals surface area contributed by atoms with Crippen LogP contribution in [0.5, 0.6) is 0 Å². The Hall–Kier alpha value is -3.16. The van der Waals surface area contributed by atoms with Crippen molar-refractivity contribution in [2.24, 2.45) is 10.7 Å². The topological polar surface area (TPSA) is 89.6 Å². The Morgan fingerprint density at radius 3 is 2.41 bits per heavy atom. The van der Waals surface area contributed by atoms with E-state index in [1.54, 1.807) is 0 Å². The number of aliphatic imine (C=N–C) groups is 1. The molecule has 1 aliphatic heterocycles. The van der Waals surface area contributed by atoms with Gasteiger partial charge in [0.25, 0.3) is 11.9 Å². The Kier molecular flexibility index (Phi) is 6.41. The van der Waals surface area contributed by atoms with Gasteiger partial charge in [0.15, 0.2) is 17.7 Å². The molecule has 2 unspecified atom stereocenters. The Morgan fingerprint density at radius 2 is 1.85 bits per heavy atom. The summed E-state index contributed by atoms with van der Waals surface area (Å²) in [5, 5.41) is 1.38. The normalized spacial score (nSPS) is 21.0. The third kappa shape index (κ3) is 5.16. The fourth-order valence-electron chi connectivity index (χ4n) is 3.22. The van der Waals surface area contributed by atoms with Gasteiger partial charge >= 0.3 is 12.4 Å². The van der Waals surface area contributed by atoms with Crippen molar-refractivity contribution < 1.29 is 44.7 Å². The number of halogens is 9. The number of amidine groups is 1. The van der Waals surface area contributed by atoms with E-state index in [9.17, 15) is 39.9 Å². The summed E-state index contributed by atoms with van der Waals surface area (Å²) in [5.41, 5.74) is 0.231. The van der Waals surface area contributed by atoms with Gasteiger partial charge in [-0.1, -0.05) is 11.6 Å². The van der Waals surface area contributed by atoms with Crippen LogP contribution in [0.1, 0.15) is 35.0 Å². The number of hydrogen-bond acceptors (Lipinski definition) is 5. The molecular formula is C19H13ClF8N4O2. The third-order valence-electron chi connectivity index (χ3n) is 4.82. The number of nitrogens with one attached hydrogen (secondary N) is 1. The van der Waals surface area contributed by atoms with Crippen LogP contribution in [-0.2, 0) is 16.5 Å². The number of carbonyl (C=O) groups excluding carboxylic acids is 1. The lowest BCUT2D eigenvalue weighted by Crippen LogP contribution is -2.46. The van der Waals surface area contributed by atoms with E-state index in [4.69, 9.17) is 17.3 Å². The highest BCUT2D eigenvalue weighted by atomic mass is 35.5. The third-order valence-corrected chi connectivity index (χ3v) is 5.11. The highest BCUT2D eigenvalue weighted by molar-refractivity contribution is 6.34. The summed E-state index contributed by atoms with van der Waals surface area (Å²) < 4.78 is 111. The zero-order valence-electron chi connectivity index (χ0n) is 16.8. The lowest BCUT2D eigenvalue weighted by molar-refractivity contribution is -0.208. The minimum Gasteiger partial charge on any atom is -0.452 e. The predicted molar refractivity (Wildman–Crippen MR) is 103 cm³/mol. The first-order valence-corrected chi connectivity index (χ1v) is 9.51. The number of nitrogens with zero attached hydrogens (tertiary/aromatic N) is 2. The molecule has 1 aromatic carbocycles. The predicted octanol–water partition coefficient (Wildman–Crippen LogP) is 5.17. The van der Waals surface area contributed by atoms with Crippen LogP contribution in [0.25, 0.3) is 0 Å². The fourth-order valence-corrected chi connectivity index (χ4v) is 3.47. The molecule has 0 radical (unpaired) electrons. The van der Waals surface area contributed by atoms with Crippen LogP contribution in [0.2, 0.25) is 5.02 Å². The first-order valence-electron chi connectivity index (χ1n) is 9.13. The maximum absolute atomic E-state index is 14.6. The SMILES string of the molecule is CC1(c2cc(NC(=O)c3ncc(C(F)(F)F)cc3Cl)cc(F)c2F)CC(C(F)(F)F)OC(N)=N1. The monoisotopic (exact) mass is 516 g/mol. The molecule has 0 aliphatic carbocycles. The average Bonchev–Trinajstić information content (AvgIpc) is 2.68. The second kappa shape index (κ2) is 8.56. The van der Waals surface area contributed by atoms with Crippen LogP contribution in [0.15, 0.2) is 29.4 Å². The number of pyridine rings is 1. The van der Waals surface area contributed by atoms with E-state index in [0.29, 0.717) is 18.3 Å². The summed E-state index contributed by atoms with van der Waals surface area (Å²) in [6.45, 7) is 1.05. The number of ether oxygens (including phenoxy) is 1. The summed E-state index contributed by atoms with van der Waals surface area (Å²) >= 11 is 5.69. The largest absolute Gasteiger partial charge is 0.452 e. The van der Waals surface area contributed by atoms with Gasteiger partial charge in [-0.3, -0.25) is 4.79 Å². The van der Waals surface area contributed by atoms with Crippen molar-refractivity contribution >= 4 is 29.2 Å². The Morgan fingerprint density at radius 1 is 1.21 bits per heavy atom. The molecule has 184 valence electrons. The molecule has 1 aliphatic rings. The molecule has 15 heteroatoms. The number of amides is 1. The molecule has 34 heavy (non-hydrogen) atoms. The van der Waals surface area contributed by atoms with E-state index in [1.165, 1.54) is 0 Å². The number of hydrogen-bond donors (Lipinski definition) is 2. The summed E-state index contributed by atoms with van der Waals surface area (Å²) in [6, 6.07) is 0.846. The highest BCUT2D eigenvalue weighted by Gasteiger charge is 2.50. The van der Waals surface area contributed by atoms with Gasteiger partial charge < -0.3 is 15.8 Å². The van der Waals surface area contributed by atoms with Crippen molar-refractivity contribution in [3.63, 3.8) is 0 Å². The molecule has 2 heterocycles. The molecule has 1 amide bonds. The number of aromatic nitrogens is 1. The molecule has 6 nitrogen and oxygen atoms in total. The molecule has 0 saturated heterocycles. The van der Waals surface area contributed by atoms with Gasteiger partial charge in [-0.15, -0.1) is 0 Å². The molecule has 1 aromatic heterocycles. The Bertz CT molecular complexity index is 1170. The molecule has 2 aromatic rings. The molecule has 3 N–H and O–H groups in total. The minimum absolute atomic E-state index is 0.343. The number of carbonyl (C=O) groups is 1. The van der Waals surface area contributed by atoms with Crippen molar-refractivity contribution in [1.82, 2.24) is 4.98 Å². The van der Waals surface area contributed by atoms with Gasteiger partial charge in [0.05, 0.1) is 16.1 Å². The molecule has 0 spiro atoms. The van der Waals surface area contributed by atoms with Crippen LogP contribution in [0, 0.1) is 11.6 Å². The van der Waals surface area contributed by atoms with E-state index < -0.39 is 81.5 Å². The molecule has 0 fully saturated rings. The van der Waals surface area contributed by atoms with E-state index in [-0.39, 0.29) is 0 Å². The number of benzene rings is 1. The van der Waals surface area contributed by atoms with Crippen molar-refractivity contribution in [3.8, 4) is 0 Å². The fraction of sp³-hybridized carbons (Fsp3) is 0.316. The molecule has 2 atom stereocenters. The number of anilines is 1. The Balaban J connectivity index is 1.97. The smallest absolute Gasteiger partial charge is 0.425 e. The van der Waals surface area contributed by atoms with Gasteiger partial charge in [0.1, 0.15) is 5.69 Å². The second-order valence-electron chi connectivity index (χ2n) is 7.40. The van der Waals surface area contributed by atoms with Gasteiger partial charge in [-0.25, -0.2) is 18.8 Å². The van der Waals surface area contributed by atoms with Crippen molar-refractivity contribution in [2.45, 2.75) is 37.3 Å². The van der Waals surface area contributed by atoms with Crippen molar-refractivity contribution in [3.05, 3.63) is 57.9 Å². The maximum Gasteiger partial charge on any atom is 0.425 e. The number of alkyl halides is 6. The standard InChI is InChI=1S/C19H13ClF8N4O2/c1-17(5-12(19(26,27)28)34-16(29)32-17)9-3-8(4-11(21)13(9)22)31-15(33)14-10(20)2-7(6-30-14)18(23,24)25/h2-4,6,12H,5H2,1H3,(H2,29,32)(H,31,33). The number of nitrogens with two attached hydrogens (primary N) is 1. The molecule has 3 rings (SSSR count). The van der Waals surface area contributed by atoms with Gasteiger partial charge in [-0.05, 0) is 19.1 Å². The minimum atomic E-state index is -4.90. The Labute approximate surface area is 190 Å². The molecule has 0 bridgehead atoms. The van der Waals surface area contributed by atoms with E-state index >= 15 is 0 Å². The van der Waals surface area contributed by atoms with E-state index in [0.717, 1.165) is 13.0 Å². The zero-order valence-corrected chi connectivity index (χ0v) is 17.5. The average molecular weight is 517 g/mol. The van der Waals surface area contributed by atoms with Crippen LogP contribution in [0.3, 0.4) is 0 Å². The quantitative estimate of drug-likeness (QED) is 0.551. The summed E-state index contributed by atoms with van der Waals surface area (Å²) in [4.78, 5) is 19.5. The summed E-state index contributed by atoms with van der Waals surface area (Å²) in [5.74, 6) is -4.29. The van der Waals surface area contributed by atoms with Crippen LogP contribution >= 0.6 is 11.6 Å². The van der Waals surface area contributed by atoms with Crippen LogP contribution in [-0.4, -0.2) is 29.2 Å². The first-order chi connectivity index (χ1) is 15.5. The second-order valence-corrected chi connectivity index (χ2v) is 7.81. The molecular weight excluding hydrogens is 504 g/mol. The van der Waals surface area contributed by atoms with Gasteiger partial charge in [-0.2, -0.15) is 26.3 Å². The van der Waals surface area contributed by atoms with Gasteiger partial charge in [0, 0.05) is 29.9 Å². The lowest BCUT2D eigenvalue weighted by Gasteiger charge is -2.36. The first kappa shape index (κ1) is 25.5. The van der Waals surface area contributed by atoms with Crippen LogP contribution in [0.4, 0.5) is 40.8 Å². The lowest BCUT2D eigenvalue weighted by atomic mass is 9.85. The maximum atomic E-state index is 14.6. The zero-order chi connectivity index (χ0) is 25.6. The van der Waals surface area contributed by atoms with Crippen molar-refractivity contribution in [2.75, 3.05) is 5.32 Å². The van der Waals surface area contributed by atoms with E-state index in [1.807, 2.05) is 0 Å². The summed E-state index contributed by atoms with van der Waals surface area (Å²) in [7, 11) is 0.